The summed E-state index contributed by atoms with van der Waals surface area (Å²) in [6.45, 7) is 2.01. The highest BCUT2D eigenvalue weighted by atomic mass is 32.2. The molecule has 0 bridgehead atoms. The normalized spacial score (nSPS) is 11.1. The van der Waals surface area contributed by atoms with Crippen molar-refractivity contribution in [2.45, 2.75) is 11.8 Å². The lowest BCUT2D eigenvalue weighted by molar-refractivity contribution is -0.386. The van der Waals surface area contributed by atoms with Gasteiger partial charge in [-0.2, -0.15) is 0 Å². The summed E-state index contributed by atoms with van der Waals surface area (Å²) in [6, 6.07) is 7.84. The number of nitrogens with zero attached hydrogens (tertiary/aromatic N) is 1. The van der Waals surface area contributed by atoms with Gasteiger partial charge in [0.15, 0.2) is 21.4 Å². The van der Waals surface area contributed by atoms with Gasteiger partial charge in [0.1, 0.15) is 10.6 Å². The van der Waals surface area contributed by atoms with Gasteiger partial charge in [-0.25, -0.2) is 12.8 Å². The molecule has 128 valence electrons. The van der Waals surface area contributed by atoms with Crippen molar-refractivity contribution in [2.24, 2.45) is 0 Å². The summed E-state index contributed by atoms with van der Waals surface area (Å²) in [6.07, 6.45) is 0.885. The van der Waals surface area contributed by atoms with E-state index in [0.717, 1.165) is 18.4 Å². The van der Waals surface area contributed by atoms with Crippen LogP contribution in [-0.2, 0) is 9.84 Å². The summed E-state index contributed by atoms with van der Waals surface area (Å²) in [5.41, 5.74) is -0.412. The minimum absolute atomic E-state index is 0.0496. The number of rotatable bonds is 6. The van der Waals surface area contributed by atoms with Gasteiger partial charge in [0.25, 0.3) is 0 Å². The van der Waals surface area contributed by atoms with Gasteiger partial charge in [-0.3, -0.25) is 10.1 Å². The van der Waals surface area contributed by atoms with Gasteiger partial charge < -0.3 is 10.1 Å². The van der Waals surface area contributed by atoms with E-state index in [1.807, 2.05) is 0 Å². The largest absolute Gasteiger partial charge is 0.491 e. The summed E-state index contributed by atoms with van der Waals surface area (Å²) in [5.74, 6) is -0.578. The van der Waals surface area contributed by atoms with Crippen molar-refractivity contribution < 1.29 is 22.5 Å². The molecule has 2 aromatic rings. The van der Waals surface area contributed by atoms with E-state index in [-0.39, 0.29) is 17.1 Å². The third-order valence-electron chi connectivity index (χ3n) is 3.09. The summed E-state index contributed by atoms with van der Waals surface area (Å²) >= 11 is 0. The Hall–Kier alpha value is -2.68. The molecule has 2 rings (SSSR count). The van der Waals surface area contributed by atoms with Crippen molar-refractivity contribution in [1.82, 2.24) is 0 Å². The molecule has 0 atom stereocenters. The molecule has 1 N–H and O–H groups in total. The van der Waals surface area contributed by atoms with E-state index >= 15 is 0 Å². The Bertz CT molecular complexity index is 883. The number of sulfone groups is 1. The van der Waals surface area contributed by atoms with Crippen LogP contribution in [0.2, 0.25) is 0 Å². The molecule has 0 aliphatic rings. The predicted molar refractivity (Wildman–Crippen MR) is 87.1 cm³/mol. The first kappa shape index (κ1) is 17.7. The molecular weight excluding hydrogens is 339 g/mol. The first-order valence-electron chi connectivity index (χ1n) is 6.91. The third-order valence-corrected chi connectivity index (χ3v) is 4.22. The molecule has 0 aliphatic carbocycles. The van der Waals surface area contributed by atoms with Gasteiger partial charge in [0.05, 0.1) is 11.5 Å². The van der Waals surface area contributed by atoms with Crippen LogP contribution in [0.1, 0.15) is 6.92 Å². The highest BCUT2D eigenvalue weighted by Gasteiger charge is 2.26. The van der Waals surface area contributed by atoms with Crippen LogP contribution in [-0.4, -0.2) is 26.2 Å². The molecular formula is C15H15FN2O5S. The van der Waals surface area contributed by atoms with Crippen molar-refractivity contribution in [3.63, 3.8) is 0 Å². The third kappa shape index (κ3) is 3.80. The maximum Gasteiger partial charge on any atom is 0.311 e. The Kier molecular flexibility index (Phi) is 5.03. The van der Waals surface area contributed by atoms with E-state index in [9.17, 15) is 22.9 Å². The number of ether oxygens (including phenoxy) is 1. The standard InChI is InChI=1S/C15H15FN2O5S/c1-3-23-13-8-7-10(9-11(13)16)17-12-5-4-6-14(24(2,21)22)15(12)18(19)20/h4-9,17H,3H2,1-2H3. The maximum atomic E-state index is 13.9. The van der Waals surface area contributed by atoms with E-state index in [1.165, 1.54) is 24.3 Å². The van der Waals surface area contributed by atoms with E-state index in [2.05, 4.69) is 5.32 Å². The zero-order valence-electron chi connectivity index (χ0n) is 12.9. The second kappa shape index (κ2) is 6.83. The Balaban J connectivity index is 2.47. The number of para-hydroxylation sites is 1. The number of nitro benzene ring substituents is 1. The van der Waals surface area contributed by atoms with Crippen molar-refractivity contribution in [3.8, 4) is 5.75 Å². The first-order valence-corrected chi connectivity index (χ1v) is 8.80. The van der Waals surface area contributed by atoms with Crippen LogP contribution in [0, 0.1) is 15.9 Å². The highest BCUT2D eigenvalue weighted by molar-refractivity contribution is 7.90. The molecule has 0 fully saturated rings. The molecule has 0 heterocycles. The monoisotopic (exact) mass is 354 g/mol. The van der Waals surface area contributed by atoms with Crippen LogP contribution in [0.25, 0.3) is 0 Å². The second-order valence-electron chi connectivity index (χ2n) is 4.88. The molecule has 9 heteroatoms. The van der Waals surface area contributed by atoms with Crippen molar-refractivity contribution in [1.29, 1.82) is 0 Å². The number of hydrogen-bond donors (Lipinski definition) is 1. The van der Waals surface area contributed by atoms with E-state index in [0.29, 0.717) is 6.61 Å². The molecule has 0 aromatic heterocycles. The summed E-state index contributed by atoms with van der Waals surface area (Å²) in [7, 11) is -3.79. The zero-order chi connectivity index (χ0) is 17.9. The number of nitrogens with one attached hydrogen (secondary N) is 1. The van der Waals surface area contributed by atoms with Gasteiger partial charge in [0, 0.05) is 18.0 Å². The highest BCUT2D eigenvalue weighted by Crippen LogP contribution is 2.34. The summed E-state index contributed by atoms with van der Waals surface area (Å²) in [5, 5.41) is 14.0. The number of benzene rings is 2. The SMILES string of the molecule is CCOc1ccc(Nc2cccc(S(C)(=O)=O)c2[N+](=O)[O-])cc1F. The lowest BCUT2D eigenvalue weighted by Gasteiger charge is -2.11. The number of halogens is 1. The van der Waals surface area contributed by atoms with E-state index < -0.39 is 31.2 Å². The van der Waals surface area contributed by atoms with Crippen LogP contribution in [0.3, 0.4) is 0 Å². The minimum Gasteiger partial charge on any atom is -0.491 e. The molecule has 24 heavy (non-hydrogen) atoms. The zero-order valence-corrected chi connectivity index (χ0v) is 13.8. The maximum absolute atomic E-state index is 13.9. The van der Waals surface area contributed by atoms with Gasteiger partial charge >= 0.3 is 5.69 Å². The molecule has 0 amide bonds. The van der Waals surface area contributed by atoms with Gasteiger partial charge in [0.2, 0.25) is 0 Å². The van der Waals surface area contributed by atoms with Crippen LogP contribution in [0.15, 0.2) is 41.3 Å². The minimum atomic E-state index is -3.79. The van der Waals surface area contributed by atoms with E-state index in [1.54, 1.807) is 6.92 Å². The van der Waals surface area contributed by atoms with Crippen LogP contribution in [0.5, 0.6) is 5.75 Å². The van der Waals surface area contributed by atoms with Crippen molar-refractivity contribution >= 4 is 26.9 Å². The fourth-order valence-electron chi connectivity index (χ4n) is 2.12. The molecule has 0 unspecified atom stereocenters. The fraction of sp³-hybridized carbons (Fsp3) is 0.200. The average molecular weight is 354 g/mol. The quantitative estimate of drug-likeness (QED) is 0.631. The lowest BCUT2D eigenvalue weighted by Crippen LogP contribution is -2.05. The van der Waals surface area contributed by atoms with Crippen molar-refractivity contribution in [2.75, 3.05) is 18.2 Å². The smallest absolute Gasteiger partial charge is 0.311 e. The summed E-state index contributed by atoms with van der Waals surface area (Å²) in [4.78, 5) is 10.1. The average Bonchev–Trinajstić information content (AvgIpc) is 2.49. The number of hydrogen-bond acceptors (Lipinski definition) is 6. The molecule has 2 aromatic carbocycles. The molecule has 0 spiro atoms. The second-order valence-corrected chi connectivity index (χ2v) is 6.87. The van der Waals surface area contributed by atoms with Crippen LogP contribution < -0.4 is 10.1 Å². The molecule has 7 nitrogen and oxygen atoms in total. The molecule has 0 radical (unpaired) electrons. The Morgan fingerprint density at radius 1 is 1.29 bits per heavy atom. The van der Waals surface area contributed by atoms with E-state index in [4.69, 9.17) is 4.74 Å². The number of anilines is 2. The molecule has 0 saturated carbocycles. The first-order chi connectivity index (χ1) is 11.2. The molecule has 0 saturated heterocycles. The van der Waals surface area contributed by atoms with Crippen molar-refractivity contribution in [3.05, 3.63) is 52.3 Å². The predicted octanol–water partition coefficient (Wildman–Crippen LogP) is 3.28. The van der Waals surface area contributed by atoms with Gasteiger partial charge in [-0.1, -0.05) is 6.07 Å². The lowest BCUT2D eigenvalue weighted by atomic mass is 10.2. The summed E-state index contributed by atoms with van der Waals surface area (Å²) < 4.78 is 42.4. The molecule has 0 aliphatic heterocycles. The fourth-order valence-corrected chi connectivity index (χ4v) is 2.98. The van der Waals surface area contributed by atoms with Crippen LogP contribution in [0.4, 0.5) is 21.5 Å². The van der Waals surface area contributed by atoms with Crippen LogP contribution >= 0.6 is 0 Å². The Morgan fingerprint density at radius 3 is 2.54 bits per heavy atom. The van der Waals surface area contributed by atoms with Gasteiger partial charge in [-0.05, 0) is 31.2 Å². The topological polar surface area (TPSA) is 98.5 Å². The Morgan fingerprint density at radius 2 is 2.00 bits per heavy atom. The number of nitro groups is 1. The Labute approximate surface area is 138 Å². The van der Waals surface area contributed by atoms with Gasteiger partial charge in [-0.15, -0.1) is 0 Å².